The number of carbonyl (C=O) groups is 1. The number of amides is 1. The van der Waals surface area contributed by atoms with Crippen LogP contribution < -0.4 is 9.64 Å². The van der Waals surface area contributed by atoms with E-state index < -0.39 is 0 Å². The normalized spacial score (nSPS) is 17.3. The molecular formula is C22H22N2O2. The van der Waals surface area contributed by atoms with Crippen LogP contribution in [0.1, 0.15) is 41.6 Å². The number of benzene rings is 2. The molecule has 2 aromatic carbocycles. The zero-order valence-electron chi connectivity index (χ0n) is 14.9. The predicted molar refractivity (Wildman–Crippen MR) is 103 cm³/mol. The van der Waals surface area contributed by atoms with E-state index in [2.05, 4.69) is 22.8 Å². The number of hydrogen-bond donors (Lipinski definition) is 0. The molecule has 3 aromatic rings. The van der Waals surface area contributed by atoms with E-state index in [0.717, 1.165) is 40.8 Å². The molecule has 1 aliphatic carbocycles. The average Bonchev–Trinajstić information content (AvgIpc) is 3.36. The van der Waals surface area contributed by atoms with Gasteiger partial charge in [0, 0.05) is 35.4 Å². The lowest BCUT2D eigenvalue weighted by Gasteiger charge is -2.16. The standard InChI is InChI=1S/C22H22N2O2/c1-23-11-10-15-12-17(7-9-21(15)23)24-14-16-6-8-19(13-20(16)22(24)25)26-18-4-2-3-5-18/h6-13,18H,2-5,14H2,1H3. The second-order valence-corrected chi connectivity index (χ2v) is 7.40. The topological polar surface area (TPSA) is 34.5 Å². The van der Waals surface area contributed by atoms with Crippen LogP contribution >= 0.6 is 0 Å². The average molecular weight is 346 g/mol. The maximum atomic E-state index is 13.0. The maximum Gasteiger partial charge on any atom is 0.259 e. The fourth-order valence-corrected chi connectivity index (χ4v) is 4.20. The summed E-state index contributed by atoms with van der Waals surface area (Å²) < 4.78 is 8.17. The van der Waals surface area contributed by atoms with Gasteiger partial charge in [-0.2, -0.15) is 0 Å². The third-order valence-corrected chi connectivity index (χ3v) is 5.67. The van der Waals surface area contributed by atoms with Crippen molar-refractivity contribution in [1.82, 2.24) is 4.57 Å². The highest BCUT2D eigenvalue weighted by molar-refractivity contribution is 6.10. The number of ether oxygens (including phenoxy) is 1. The summed E-state index contributed by atoms with van der Waals surface area (Å²) in [5.41, 5.74) is 3.96. The second-order valence-electron chi connectivity index (χ2n) is 7.40. The van der Waals surface area contributed by atoms with Crippen molar-refractivity contribution in [3.63, 3.8) is 0 Å². The fraction of sp³-hybridized carbons (Fsp3) is 0.318. The van der Waals surface area contributed by atoms with Crippen molar-refractivity contribution in [1.29, 1.82) is 0 Å². The highest BCUT2D eigenvalue weighted by Crippen LogP contribution is 2.33. The number of carbonyl (C=O) groups excluding carboxylic acids is 1. The minimum atomic E-state index is 0.0622. The zero-order valence-corrected chi connectivity index (χ0v) is 14.9. The van der Waals surface area contributed by atoms with Gasteiger partial charge in [-0.1, -0.05) is 6.07 Å². The molecule has 0 atom stereocenters. The monoisotopic (exact) mass is 346 g/mol. The Labute approximate surface area is 153 Å². The number of hydrogen-bond acceptors (Lipinski definition) is 2. The van der Waals surface area contributed by atoms with Crippen molar-refractivity contribution in [2.24, 2.45) is 7.05 Å². The second kappa shape index (κ2) is 5.90. The molecule has 1 fully saturated rings. The zero-order chi connectivity index (χ0) is 17.7. The van der Waals surface area contributed by atoms with E-state index in [1.807, 2.05) is 42.4 Å². The largest absolute Gasteiger partial charge is 0.490 e. The molecule has 1 aliphatic heterocycles. The molecule has 2 aliphatic rings. The molecule has 0 N–H and O–H groups in total. The van der Waals surface area contributed by atoms with E-state index in [1.54, 1.807) is 0 Å². The number of rotatable bonds is 3. The number of nitrogens with zero attached hydrogens (tertiary/aromatic N) is 2. The molecule has 0 bridgehead atoms. The Morgan fingerprint density at radius 1 is 1.04 bits per heavy atom. The summed E-state index contributed by atoms with van der Waals surface area (Å²) in [7, 11) is 2.03. The summed E-state index contributed by atoms with van der Waals surface area (Å²) in [6.07, 6.45) is 7.07. The summed E-state index contributed by atoms with van der Waals surface area (Å²) in [5.74, 6) is 0.886. The van der Waals surface area contributed by atoms with E-state index in [1.165, 1.54) is 18.4 Å². The van der Waals surface area contributed by atoms with Gasteiger partial charge >= 0.3 is 0 Å². The van der Waals surface area contributed by atoms with Crippen LogP contribution in [0.25, 0.3) is 10.9 Å². The van der Waals surface area contributed by atoms with Gasteiger partial charge in [0.05, 0.1) is 12.6 Å². The van der Waals surface area contributed by atoms with E-state index in [0.29, 0.717) is 12.6 Å². The molecule has 0 radical (unpaired) electrons. The molecule has 1 saturated carbocycles. The molecular weight excluding hydrogens is 324 g/mol. The van der Waals surface area contributed by atoms with Crippen molar-refractivity contribution in [2.45, 2.75) is 38.3 Å². The minimum absolute atomic E-state index is 0.0622. The van der Waals surface area contributed by atoms with E-state index in [4.69, 9.17) is 4.74 Å². The van der Waals surface area contributed by atoms with Gasteiger partial charge in [0.25, 0.3) is 5.91 Å². The Morgan fingerprint density at radius 3 is 2.73 bits per heavy atom. The van der Waals surface area contributed by atoms with Crippen molar-refractivity contribution >= 4 is 22.5 Å². The molecule has 5 rings (SSSR count). The van der Waals surface area contributed by atoms with Crippen LogP contribution in [-0.2, 0) is 13.6 Å². The van der Waals surface area contributed by atoms with Gasteiger partial charge in [0.15, 0.2) is 0 Å². The van der Waals surface area contributed by atoms with Crippen molar-refractivity contribution in [3.05, 3.63) is 59.8 Å². The van der Waals surface area contributed by atoms with E-state index in [-0.39, 0.29) is 5.91 Å². The Morgan fingerprint density at radius 2 is 1.88 bits per heavy atom. The number of aryl methyl sites for hydroxylation is 1. The third-order valence-electron chi connectivity index (χ3n) is 5.67. The van der Waals surface area contributed by atoms with Gasteiger partial charge in [-0.3, -0.25) is 4.79 Å². The van der Waals surface area contributed by atoms with Gasteiger partial charge in [0.1, 0.15) is 5.75 Å². The van der Waals surface area contributed by atoms with Gasteiger partial charge in [-0.15, -0.1) is 0 Å². The fourth-order valence-electron chi connectivity index (χ4n) is 4.20. The van der Waals surface area contributed by atoms with Crippen molar-refractivity contribution < 1.29 is 9.53 Å². The summed E-state index contributed by atoms with van der Waals surface area (Å²) >= 11 is 0. The van der Waals surface area contributed by atoms with E-state index >= 15 is 0 Å². The molecule has 0 unspecified atom stereocenters. The molecule has 0 spiro atoms. The molecule has 4 nitrogen and oxygen atoms in total. The Bertz CT molecular complexity index is 999. The van der Waals surface area contributed by atoms with Crippen LogP contribution in [0.5, 0.6) is 5.75 Å². The quantitative estimate of drug-likeness (QED) is 0.691. The van der Waals surface area contributed by atoms with Gasteiger partial charge < -0.3 is 14.2 Å². The third kappa shape index (κ3) is 2.48. The first-order valence-electron chi connectivity index (χ1n) is 9.35. The van der Waals surface area contributed by atoms with E-state index in [9.17, 15) is 4.79 Å². The number of aromatic nitrogens is 1. The number of fused-ring (bicyclic) bond motifs is 2. The minimum Gasteiger partial charge on any atom is -0.490 e. The Balaban J connectivity index is 1.43. The van der Waals surface area contributed by atoms with Crippen molar-refractivity contribution in [2.75, 3.05) is 4.90 Å². The molecule has 26 heavy (non-hydrogen) atoms. The summed E-state index contributed by atoms with van der Waals surface area (Å²) in [4.78, 5) is 14.9. The lowest BCUT2D eigenvalue weighted by Crippen LogP contribution is -2.22. The molecule has 1 aromatic heterocycles. The van der Waals surface area contributed by atoms with Gasteiger partial charge in [-0.25, -0.2) is 0 Å². The molecule has 2 heterocycles. The summed E-state index contributed by atoms with van der Waals surface area (Å²) in [6.45, 7) is 0.621. The van der Waals surface area contributed by atoms with Crippen LogP contribution in [-0.4, -0.2) is 16.6 Å². The highest BCUT2D eigenvalue weighted by Gasteiger charge is 2.29. The van der Waals surface area contributed by atoms with Crippen LogP contribution in [0, 0.1) is 0 Å². The Hall–Kier alpha value is -2.75. The van der Waals surface area contributed by atoms with Crippen LogP contribution in [0.4, 0.5) is 5.69 Å². The van der Waals surface area contributed by atoms with Crippen LogP contribution in [0.2, 0.25) is 0 Å². The van der Waals surface area contributed by atoms with Crippen molar-refractivity contribution in [3.8, 4) is 5.75 Å². The molecule has 132 valence electrons. The Kier molecular flexibility index (Phi) is 3.52. The van der Waals surface area contributed by atoms with Gasteiger partial charge in [0.2, 0.25) is 0 Å². The lowest BCUT2D eigenvalue weighted by molar-refractivity contribution is 0.0996. The smallest absolute Gasteiger partial charge is 0.259 e. The van der Waals surface area contributed by atoms with Gasteiger partial charge in [-0.05, 0) is 67.6 Å². The number of anilines is 1. The molecule has 1 amide bonds. The summed E-state index contributed by atoms with van der Waals surface area (Å²) in [6, 6.07) is 14.3. The molecule has 0 saturated heterocycles. The molecule has 4 heteroatoms. The highest BCUT2D eigenvalue weighted by atomic mass is 16.5. The van der Waals surface area contributed by atoms with Crippen LogP contribution in [0.15, 0.2) is 48.7 Å². The SMILES string of the molecule is Cn1ccc2cc(N3Cc4ccc(OC5CCCC5)cc4C3=O)ccc21. The summed E-state index contributed by atoms with van der Waals surface area (Å²) in [5, 5.41) is 1.15. The maximum absolute atomic E-state index is 13.0. The first-order chi connectivity index (χ1) is 12.7. The predicted octanol–water partition coefficient (Wildman–Crippen LogP) is 4.66. The van der Waals surface area contributed by atoms with Crippen LogP contribution in [0.3, 0.4) is 0 Å². The first-order valence-corrected chi connectivity index (χ1v) is 9.35. The first kappa shape index (κ1) is 15.5. The lowest BCUT2D eigenvalue weighted by atomic mass is 10.1.